The van der Waals surface area contributed by atoms with Crippen LogP contribution in [-0.2, 0) is 0 Å². The first-order valence-electron chi connectivity index (χ1n) is 6.68. The Kier molecular flexibility index (Phi) is 4.72. The molecule has 0 atom stereocenters. The first-order valence-corrected chi connectivity index (χ1v) is 6.68. The summed E-state index contributed by atoms with van der Waals surface area (Å²) in [4.78, 5) is 8.65. The number of nitrogens with zero attached hydrogens (tertiary/aromatic N) is 2. The average Bonchev–Trinajstić information content (AvgIpc) is 2.42. The Balaban J connectivity index is 2.00. The van der Waals surface area contributed by atoms with Gasteiger partial charge in [0.2, 0.25) is 5.95 Å². The first-order chi connectivity index (χ1) is 9.28. The van der Waals surface area contributed by atoms with Crippen molar-refractivity contribution in [2.24, 2.45) is 0 Å². The van der Waals surface area contributed by atoms with Crippen LogP contribution in [-0.4, -0.2) is 16.5 Å². The molecule has 1 aromatic heterocycles. The van der Waals surface area contributed by atoms with Gasteiger partial charge >= 0.3 is 0 Å². The van der Waals surface area contributed by atoms with Crippen molar-refractivity contribution in [3.8, 4) is 0 Å². The van der Waals surface area contributed by atoms with Gasteiger partial charge < -0.3 is 10.6 Å². The van der Waals surface area contributed by atoms with Gasteiger partial charge in [-0.2, -0.15) is 4.98 Å². The van der Waals surface area contributed by atoms with Gasteiger partial charge in [0.05, 0.1) is 0 Å². The van der Waals surface area contributed by atoms with Crippen LogP contribution in [0.25, 0.3) is 0 Å². The Labute approximate surface area is 114 Å². The van der Waals surface area contributed by atoms with E-state index in [9.17, 15) is 0 Å². The smallest absolute Gasteiger partial charge is 0.229 e. The number of unbranched alkanes of at least 4 members (excludes halogenated alkanes) is 1. The van der Waals surface area contributed by atoms with Gasteiger partial charge in [0, 0.05) is 18.4 Å². The van der Waals surface area contributed by atoms with Crippen molar-refractivity contribution in [2.75, 3.05) is 17.2 Å². The molecule has 0 spiro atoms. The third kappa shape index (κ3) is 4.25. The van der Waals surface area contributed by atoms with Crippen LogP contribution in [0.4, 0.5) is 17.5 Å². The number of aryl methyl sites for hydroxylation is 1. The van der Waals surface area contributed by atoms with Crippen LogP contribution in [0.5, 0.6) is 0 Å². The molecule has 0 saturated heterocycles. The molecule has 2 N–H and O–H groups in total. The van der Waals surface area contributed by atoms with Gasteiger partial charge in [-0.1, -0.05) is 31.0 Å². The molecule has 1 heterocycles. The molecular formula is C15H20N4. The molecule has 2 aromatic rings. The first kappa shape index (κ1) is 13.3. The number of nitrogens with one attached hydrogen (secondary N) is 2. The standard InChI is InChI=1S/C15H20N4/c1-3-4-10-16-14-9-11-17-15(19-14)18-13-7-5-12(2)6-8-13/h5-9,11H,3-4,10H2,1-2H3,(H2,16,17,18,19). The maximum absolute atomic E-state index is 4.43. The summed E-state index contributed by atoms with van der Waals surface area (Å²) in [7, 11) is 0. The highest BCUT2D eigenvalue weighted by Gasteiger charge is 1.99. The van der Waals surface area contributed by atoms with Crippen molar-refractivity contribution in [3.05, 3.63) is 42.1 Å². The molecule has 0 unspecified atom stereocenters. The number of aromatic nitrogens is 2. The number of rotatable bonds is 6. The van der Waals surface area contributed by atoms with Gasteiger partial charge in [-0.15, -0.1) is 0 Å². The Hall–Kier alpha value is -2.10. The second-order valence-corrected chi connectivity index (χ2v) is 4.54. The molecule has 0 fully saturated rings. The summed E-state index contributed by atoms with van der Waals surface area (Å²) in [6.45, 7) is 5.18. The monoisotopic (exact) mass is 256 g/mol. The molecule has 0 bridgehead atoms. The summed E-state index contributed by atoms with van der Waals surface area (Å²) in [6.07, 6.45) is 4.08. The predicted octanol–water partition coefficient (Wildman–Crippen LogP) is 3.74. The minimum Gasteiger partial charge on any atom is -0.370 e. The molecule has 0 radical (unpaired) electrons. The fraction of sp³-hybridized carbons (Fsp3) is 0.333. The molecule has 2 rings (SSSR count). The minimum absolute atomic E-state index is 0.616. The highest BCUT2D eigenvalue weighted by Crippen LogP contribution is 2.14. The lowest BCUT2D eigenvalue weighted by molar-refractivity contribution is 0.830. The van der Waals surface area contributed by atoms with Crippen LogP contribution in [0.2, 0.25) is 0 Å². The number of anilines is 3. The van der Waals surface area contributed by atoms with Crippen molar-refractivity contribution in [3.63, 3.8) is 0 Å². The fourth-order valence-corrected chi connectivity index (χ4v) is 1.68. The second kappa shape index (κ2) is 6.73. The Bertz CT molecular complexity index is 508. The Morgan fingerprint density at radius 1 is 1.11 bits per heavy atom. The van der Waals surface area contributed by atoms with E-state index >= 15 is 0 Å². The molecular weight excluding hydrogens is 236 g/mol. The van der Waals surface area contributed by atoms with E-state index in [4.69, 9.17) is 0 Å². The Morgan fingerprint density at radius 3 is 2.63 bits per heavy atom. The van der Waals surface area contributed by atoms with Gasteiger partial charge in [-0.25, -0.2) is 4.98 Å². The number of benzene rings is 1. The zero-order valence-electron chi connectivity index (χ0n) is 11.5. The molecule has 0 amide bonds. The normalized spacial score (nSPS) is 10.2. The summed E-state index contributed by atoms with van der Waals surface area (Å²) in [5.41, 5.74) is 2.23. The lowest BCUT2D eigenvalue weighted by Gasteiger charge is -2.08. The van der Waals surface area contributed by atoms with Crippen molar-refractivity contribution in [1.29, 1.82) is 0 Å². The molecule has 100 valence electrons. The van der Waals surface area contributed by atoms with E-state index in [1.54, 1.807) is 6.20 Å². The maximum atomic E-state index is 4.43. The molecule has 0 aliphatic rings. The summed E-state index contributed by atoms with van der Waals surface area (Å²) in [6, 6.07) is 10.1. The highest BCUT2D eigenvalue weighted by molar-refractivity contribution is 5.54. The highest BCUT2D eigenvalue weighted by atomic mass is 15.1. The van der Waals surface area contributed by atoms with Crippen molar-refractivity contribution in [2.45, 2.75) is 26.7 Å². The molecule has 4 heteroatoms. The summed E-state index contributed by atoms with van der Waals surface area (Å²) in [5, 5.41) is 6.49. The van der Waals surface area contributed by atoms with Crippen molar-refractivity contribution >= 4 is 17.5 Å². The van der Waals surface area contributed by atoms with Gasteiger partial charge in [-0.3, -0.25) is 0 Å². The summed E-state index contributed by atoms with van der Waals surface area (Å²) >= 11 is 0. The summed E-state index contributed by atoms with van der Waals surface area (Å²) in [5.74, 6) is 1.48. The van der Waals surface area contributed by atoms with Crippen LogP contribution in [0, 0.1) is 6.92 Å². The van der Waals surface area contributed by atoms with Crippen molar-refractivity contribution in [1.82, 2.24) is 9.97 Å². The molecule has 1 aromatic carbocycles. The van der Waals surface area contributed by atoms with Crippen LogP contribution in [0.3, 0.4) is 0 Å². The van der Waals surface area contributed by atoms with Crippen LogP contribution in [0.1, 0.15) is 25.3 Å². The van der Waals surface area contributed by atoms with Gasteiger partial charge in [0.1, 0.15) is 5.82 Å². The predicted molar refractivity (Wildman–Crippen MR) is 79.9 cm³/mol. The van der Waals surface area contributed by atoms with E-state index in [-0.39, 0.29) is 0 Å². The molecule has 19 heavy (non-hydrogen) atoms. The molecule has 4 nitrogen and oxygen atoms in total. The van der Waals surface area contributed by atoms with Crippen LogP contribution < -0.4 is 10.6 Å². The number of hydrogen-bond acceptors (Lipinski definition) is 4. The van der Waals surface area contributed by atoms with Gasteiger partial charge in [0.15, 0.2) is 0 Å². The van der Waals surface area contributed by atoms with Crippen LogP contribution >= 0.6 is 0 Å². The van der Waals surface area contributed by atoms with E-state index in [1.165, 1.54) is 12.0 Å². The summed E-state index contributed by atoms with van der Waals surface area (Å²) < 4.78 is 0. The van der Waals surface area contributed by atoms with E-state index < -0.39 is 0 Å². The molecule has 0 saturated carbocycles. The maximum Gasteiger partial charge on any atom is 0.229 e. The zero-order chi connectivity index (χ0) is 13.5. The van der Waals surface area contributed by atoms with Gasteiger partial charge in [-0.05, 0) is 31.5 Å². The fourth-order valence-electron chi connectivity index (χ4n) is 1.68. The second-order valence-electron chi connectivity index (χ2n) is 4.54. The lowest BCUT2D eigenvalue weighted by atomic mass is 10.2. The van der Waals surface area contributed by atoms with E-state index in [0.717, 1.165) is 24.5 Å². The zero-order valence-corrected chi connectivity index (χ0v) is 11.5. The quantitative estimate of drug-likeness (QED) is 0.773. The third-order valence-electron chi connectivity index (χ3n) is 2.80. The Morgan fingerprint density at radius 2 is 1.89 bits per heavy atom. The van der Waals surface area contributed by atoms with Gasteiger partial charge in [0.25, 0.3) is 0 Å². The molecule has 0 aliphatic heterocycles. The third-order valence-corrected chi connectivity index (χ3v) is 2.80. The van der Waals surface area contributed by atoms with Crippen LogP contribution in [0.15, 0.2) is 36.5 Å². The minimum atomic E-state index is 0.616. The number of hydrogen-bond donors (Lipinski definition) is 2. The molecule has 0 aliphatic carbocycles. The van der Waals surface area contributed by atoms with E-state index in [1.807, 2.05) is 18.2 Å². The van der Waals surface area contributed by atoms with E-state index in [2.05, 4.69) is 46.6 Å². The van der Waals surface area contributed by atoms with E-state index in [0.29, 0.717) is 5.95 Å². The SMILES string of the molecule is CCCCNc1ccnc(Nc2ccc(C)cc2)n1. The van der Waals surface area contributed by atoms with Crippen molar-refractivity contribution < 1.29 is 0 Å². The lowest BCUT2D eigenvalue weighted by Crippen LogP contribution is -2.05. The average molecular weight is 256 g/mol. The topological polar surface area (TPSA) is 49.8 Å². The largest absolute Gasteiger partial charge is 0.370 e.